The molecule has 1 unspecified atom stereocenters. The molecule has 0 aromatic heterocycles. The third kappa shape index (κ3) is 8.14. The van der Waals surface area contributed by atoms with Gasteiger partial charge in [0.15, 0.2) is 11.6 Å². The van der Waals surface area contributed by atoms with E-state index in [0.717, 1.165) is 16.0 Å². The molecule has 0 amide bonds. The van der Waals surface area contributed by atoms with Gasteiger partial charge in [-0.25, -0.2) is 0 Å². The topological polar surface area (TPSA) is 144 Å². The lowest BCUT2D eigenvalue weighted by Gasteiger charge is -2.10. The fraction of sp³-hybridized carbons (Fsp3) is 0.188. The van der Waals surface area contributed by atoms with E-state index in [9.17, 15) is 13.8 Å². The summed E-state index contributed by atoms with van der Waals surface area (Å²) in [6.07, 6.45) is 4.46. The molecule has 0 bridgehead atoms. The number of anilines is 2. The molecule has 9 heteroatoms. The number of thioether (sulfide) groups is 1. The molecule has 0 spiro atoms. The van der Waals surface area contributed by atoms with Crippen LogP contribution in [0.3, 0.4) is 0 Å². The summed E-state index contributed by atoms with van der Waals surface area (Å²) in [5.74, 6) is -0.268. The van der Waals surface area contributed by atoms with Gasteiger partial charge >= 0.3 is 0 Å². The Morgan fingerprint density at radius 2 is 1.12 bits per heavy atom. The summed E-state index contributed by atoms with van der Waals surface area (Å²) in [6, 6.07) is 24.7. The Balaban J connectivity index is 0.000000226. The number of carbonyl (C=O) groups is 2. The van der Waals surface area contributed by atoms with Crippen LogP contribution in [0.25, 0.3) is 0 Å². The van der Waals surface area contributed by atoms with E-state index in [1.54, 1.807) is 72.6 Å². The molecule has 6 N–H and O–H groups in total. The van der Waals surface area contributed by atoms with Gasteiger partial charge < -0.3 is 21.7 Å². The van der Waals surface area contributed by atoms with Gasteiger partial charge in [0.05, 0.1) is 0 Å². The minimum Gasteiger partial charge on any atom is -0.398 e. The third-order valence-corrected chi connectivity index (χ3v) is 8.12. The van der Waals surface area contributed by atoms with Crippen LogP contribution in [0.1, 0.15) is 43.0 Å². The number of ketones is 2. The van der Waals surface area contributed by atoms with E-state index in [1.165, 1.54) is 0 Å². The second kappa shape index (κ2) is 15.3. The molecule has 4 rings (SSSR count). The van der Waals surface area contributed by atoms with E-state index in [2.05, 4.69) is 0 Å². The summed E-state index contributed by atoms with van der Waals surface area (Å²) in [5.41, 5.74) is 16.5. The van der Waals surface area contributed by atoms with E-state index in [4.69, 9.17) is 21.7 Å². The summed E-state index contributed by atoms with van der Waals surface area (Å²) < 4.78 is 11.3. The first-order valence-corrected chi connectivity index (χ1v) is 15.6. The molecule has 0 radical (unpaired) electrons. The van der Waals surface area contributed by atoms with Crippen LogP contribution in [0.5, 0.6) is 0 Å². The summed E-state index contributed by atoms with van der Waals surface area (Å²) >= 11 is 1.63. The average Bonchev–Trinajstić information content (AvgIpc) is 2.99. The zero-order valence-corrected chi connectivity index (χ0v) is 24.6. The van der Waals surface area contributed by atoms with Crippen LogP contribution in [0.4, 0.5) is 11.4 Å². The van der Waals surface area contributed by atoms with Gasteiger partial charge in [0, 0.05) is 73.7 Å². The lowest BCUT2D eigenvalue weighted by atomic mass is 9.98. The number of rotatable bonds is 10. The van der Waals surface area contributed by atoms with Crippen LogP contribution in [0.2, 0.25) is 0 Å². The minimum absolute atomic E-state index is 0.0150. The van der Waals surface area contributed by atoms with Crippen LogP contribution < -0.4 is 11.5 Å². The van der Waals surface area contributed by atoms with Gasteiger partial charge in [-0.05, 0) is 90.9 Å². The van der Waals surface area contributed by atoms with Crippen molar-refractivity contribution in [1.29, 1.82) is 0 Å². The van der Waals surface area contributed by atoms with Crippen molar-refractivity contribution in [1.82, 2.24) is 0 Å². The van der Waals surface area contributed by atoms with Crippen molar-refractivity contribution in [2.45, 2.75) is 22.6 Å². The highest BCUT2D eigenvalue weighted by molar-refractivity contribution is 7.98. The monoisotopic (exact) mass is 590 g/mol. The molecule has 4 aromatic carbocycles. The largest absolute Gasteiger partial charge is 0.398 e. The molecule has 0 fully saturated rings. The Hall–Kier alpha value is -3.76. The molecular formula is C32H34N2O5S2. The van der Waals surface area contributed by atoms with Crippen LogP contribution >= 0.6 is 11.8 Å². The van der Waals surface area contributed by atoms with Crippen molar-refractivity contribution in [2.24, 2.45) is 0 Å². The molecular weight excluding hydrogens is 556 g/mol. The first-order valence-electron chi connectivity index (χ1n) is 12.8. The second-order valence-corrected chi connectivity index (χ2v) is 11.3. The molecule has 0 aliphatic heterocycles. The van der Waals surface area contributed by atoms with Gasteiger partial charge in [-0.1, -0.05) is 24.3 Å². The third-order valence-electron chi connectivity index (χ3n) is 6.45. The maximum atomic E-state index is 12.5. The van der Waals surface area contributed by atoms with Crippen molar-refractivity contribution in [3.8, 4) is 0 Å². The first-order chi connectivity index (χ1) is 19.7. The van der Waals surface area contributed by atoms with E-state index >= 15 is 0 Å². The summed E-state index contributed by atoms with van der Waals surface area (Å²) in [4.78, 5) is 26.7. The SMILES string of the molecule is CS(=O)c1ccc(C(=O)c2cccc(CCO)c2N)cc1.CSc1ccc(C(=O)c2cccc(CCO)c2N)cc1. The van der Waals surface area contributed by atoms with Gasteiger partial charge in [0.2, 0.25) is 0 Å². The fourth-order valence-electron chi connectivity index (χ4n) is 4.15. The van der Waals surface area contributed by atoms with Crippen molar-refractivity contribution in [3.05, 3.63) is 118 Å². The standard InChI is InChI=1S/C16H17NO3S.C16H17NO2S/c1-21(20)13-7-5-12(6-8-13)16(19)14-4-2-3-11(9-10-18)15(14)17;1-20-13-7-5-12(6-8-13)16(19)14-4-2-3-11(9-10-18)15(14)17/h2-8,18H,9-10,17H2,1H3;2-8,18H,9-10,17H2,1H3. The van der Waals surface area contributed by atoms with Crippen molar-refractivity contribution in [2.75, 3.05) is 37.2 Å². The number of para-hydroxylation sites is 2. The molecule has 4 aromatic rings. The van der Waals surface area contributed by atoms with Gasteiger partial charge in [-0.15, -0.1) is 11.8 Å². The molecule has 0 heterocycles. The maximum Gasteiger partial charge on any atom is 0.195 e. The molecule has 0 saturated heterocycles. The predicted octanol–water partition coefficient (Wildman–Crippen LogP) is 4.53. The number of nitrogens with two attached hydrogens (primary N) is 2. The highest BCUT2D eigenvalue weighted by atomic mass is 32.2. The molecule has 0 saturated carbocycles. The highest BCUT2D eigenvalue weighted by Gasteiger charge is 2.16. The zero-order chi connectivity index (χ0) is 29.9. The normalized spacial score (nSPS) is 11.3. The number of carbonyl (C=O) groups excluding carboxylic acids is 2. The van der Waals surface area contributed by atoms with E-state index in [0.29, 0.717) is 51.4 Å². The summed E-state index contributed by atoms with van der Waals surface area (Å²) in [6.45, 7) is 0.00309. The van der Waals surface area contributed by atoms with Crippen LogP contribution in [-0.2, 0) is 23.6 Å². The Bertz CT molecular complexity index is 1520. The Labute approximate surface area is 247 Å². The fourth-order valence-corrected chi connectivity index (χ4v) is 5.08. The molecule has 41 heavy (non-hydrogen) atoms. The zero-order valence-electron chi connectivity index (χ0n) is 23.0. The van der Waals surface area contributed by atoms with Gasteiger partial charge in [-0.2, -0.15) is 0 Å². The smallest absolute Gasteiger partial charge is 0.195 e. The lowest BCUT2D eigenvalue weighted by molar-refractivity contribution is 0.103. The number of hydrogen-bond acceptors (Lipinski definition) is 8. The quantitative estimate of drug-likeness (QED) is 0.120. The number of benzene rings is 4. The Kier molecular flexibility index (Phi) is 11.9. The van der Waals surface area contributed by atoms with Crippen molar-refractivity contribution >= 4 is 45.5 Å². The summed E-state index contributed by atoms with van der Waals surface area (Å²) in [5, 5.41) is 18.0. The Morgan fingerprint density at radius 1 is 0.707 bits per heavy atom. The second-order valence-electron chi connectivity index (χ2n) is 9.07. The van der Waals surface area contributed by atoms with Crippen LogP contribution in [0, 0.1) is 0 Å². The average molecular weight is 591 g/mol. The molecule has 1 atom stereocenters. The lowest BCUT2D eigenvalue weighted by Crippen LogP contribution is -2.08. The van der Waals surface area contributed by atoms with Crippen molar-refractivity contribution in [3.63, 3.8) is 0 Å². The van der Waals surface area contributed by atoms with Crippen molar-refractivity contribution < 1.29 is 24.0 Å². The minimum atomic E-state index is -1.07. The number of nitrogen functional groups attached to an aromatic ring is 2. The van der Waals surface area contributed by atoms with Gasteiger partial charge in [-0.3, -0.25) is 13.8 Å². The van der Waals surface area contributed by atoms with Crippen LogP contribution in [-0.4, -0.2) is 51.7 Å². The van der Waals surface area contributed by atoms with E-state index in [-0.39, 0.29) is 24.8 Å². The molecule has 0 aliphatic rings. The Morgan fingerprint density at radius 3 is 1.49 bits per heavy atom. The van der Waals surface area contributed by atoms with E-state index < -0.39 is 10.8 Å². The predicted molar refractivity (Wildman–Crippen MR) is 167 cm³/mol. The highest BCUT2D eigenvalue weighted by Crippen LogP contribution is 2.24. The summed E-state index contributed by atoms with van der Waals surface area (Å²) in [7, 11) is -1.07. The molecule has 0 aliphatic carbocycles. The van der Waals surface area contributed by atoms with Gasteiger partial charge in [0.25, 0.3) is 0 Å². The number of aliphatic hydroxyl groups is 2. The van der Waals surface area contributed by atoms with Gasteiger partial charge in [0.1, 0.15) is 0 Å². The first kappa shape index (κ1) is 31.8. The number of aliphatic hydroxyl groups excluding tert-OH is 2. The number of hydrogen-bond donors (Lipinski definition) is 4. The molecule has 214 valence electrons. The molecule has 7 nitrogen and oxygen atoms in total. The maximum absolute atomic E-state index is 12.5. The van der Waals surface area contributed by atoms with Crippen LogP contribution in [0.15, 0.2) is 94.7 Å². The van der Waals surface area contributed by atoms with E-state index in [1.807, 2.05) is 36.6 Å².